The van der Waals surface area contributed by atoms with Crippen LogP contribution in [0.1, 0.15) is 35.1 Å². The summed E-state index contributed by atoms with van der Waals surface area (Å²) < 4.78 is 19.7. The van der Waals surface area contributed by atoms with Gasteiger partial charge in [0.1, 0.15) is 18.2 Å². The quantitative estimate of drug-likeness (QED) is 0.477. The SMILES string of the molecule is Fc1ccc2c(c1)[C@@H]1C=CC[C@@H]1[C@H](c1ccc(OCc3ccccc3Cl)cc1)N2. The number of nitrogens with one attached hydrogen (secondary N) is 1. The Kier molecular flexibility index (Phi) is 4.76. The standard InChI is InChI=1S/C25H21ClFNO/c26-23-7-2-1-4-17(23)15-29-19-11-8-16(9-12-19)25-21-6-3-5-20(21)22-14-18(27)10-13-24(22)28-25/h1-5,7-14,20-21,25,28H,6,15H2/t20-,21+,25+/m1/s1. The van der Waals surface area contributed by atoms with E-state index in [1.54, 1.807) is 6.07 Å². The minimum atomic E-state index is -0.178. The van der Waals surface area contributed by atoms with Gasteiger partial charge in [-0.05, 0) is 59.9 Å². The van der Waals surface area contributed by atoms with Crippen LogP contribution in [0.2, 0.25) is 5.02 Å². The third-order valence-electron chi connectivity index (χ3n) is 5.92. The van der Waals surface area contributed by atoms with E-state index in [2.05, 4.69) is 29.6 Å². The summed E-state index contributed by atoms with van der Waals surface area (Å²) in [7, 11) is 0. The highest BCUT2D eigenvalue weighted by Gasteiger charge is 2.37. The Morgan fingerprint density at radius 2 is 1.86 bits per heavy atom. The number of allylic oxidation sites excluding steroid dienone is 2. The molecule has 1 heterocycles. The van der Waals surface area contributed by atoms with Crippen LogP contribution in [0.25, 0.3) is 0 Å². The van der Waals surface area contributed by atoms with E-state index in [1.165, 1.54) is 11.6 Å². The first-order chi connectivity index (χ1) is 14.2. The van der Waals surface area contributed by atoms with Gasteiger partial charge in [0.25, 0.3) is 0 Å². The maximum Gasteiger partial charge on any atom is 0.123 e. The van der Waals surface area contributed by atoms with Crippen molar-refractivity contribution in [1.82, 2.24) is 0 Å². The molecule has 0 amide bonds. The van der Waals surface area contributed by atoms with Crippen molar-refractivity contribution in [1.29, 1.82) is 0 Å². The molecule has 0 bridgehead atoms. The van der Waals surface area contributed by atoms with Gasteiger partial charge < -0.3 is 10.1 Å². The average Bonchev–Trinajstić information content (AvgIpc) is 3.23. The van der Waals surface area contributed by atoms with Gasteiger partial charge in [-0.1, -0.05) is 54.1 Å². The second-order valence-electron chi connectivity index (χ2n) is 7.66. The molecule has 1 aliphatic carbocycles. The molecule has 0 saturated carbocycles. The number of anilines is 1. The molecule has 3 aromatic rings. The van der Waals surface area contributed by atoms with Gasteiger partial charge in [0, 0.05) is 22.2 Å². The normalized spacial score (nSPS) is 21.9. The molecule has 1 N–H and O–H groups in total. The van der Waals surface area contributed by atoms with Crippen molar-refractivity contribution in [3.8, 4) is 5.75 Å². The number of hydrogen-bond acceptors (Lipinski definition) is 2. The number of rotatable bonds is 4. The van der Waals surface area contributed by atoms with Crippen LogP contribution < -0.4 is 10.1 Å². The number of ether oxygens (including phenoxy) is 1. The summed E-state index contributed by atoms with van der Waals surface area (Å²) in [6.07, 6.45) is 5.42. The molecule has 146 valence electrons. The van der Waals surface area contributed by atoms with Crippen LogP contribution in [0.4, 0.5) is 10.1 Å². The maximum atomic E-state index is 13.8. The van der Waals surface area contributed by atoms with Crippen molar-refractivity contribution in [3.05, 3.63) is 106 Å². The molecule has 0 aromatic heterocycles. The summed E-state index contributed by atoms with van der Waals surface area (Å²) in [6, 6.07) is 21.2. The first kappa shape index (κ1) is 18.3. The van der Waals surface area contributed by atoms with E-state index < -0.39 is 0 Å². The van der Waals surface area contributed by atoms with Crippen LogP contribution in [0, 0.1) is 11.7 Å². The van der Waals surface area contributed by atoms with Gasteiger partial charge in [-0.2, -0.15) is 0 Å². The molecule has 2 aliphatic rings. The van der Waals surface area contributed by atoms with Crippen molar-refractivity contribution < 1.29 is 9.13 Å². The first-order valence-electron chi connectivity index (χ1n) is 9.88. The van der Waals surface area contributed by atoms with E-state index in [0.717, 1.165) is 29.0 Å². The number of hydrogen-bond donors (Lipinski definition) is 1. The second kappa shape index (κ2) is 7.57. The van der Waals surface area contributed by atoms with E-state index in [0.29, 0.717) is 17.5 Å². The van der Waals surface area contributed by atoms with E-state index in [-0.39, 0.29) is 17.8 Å². The topological polar surface area (TPSA) is 21.3 Å². The minimum absolute atomic E-state index is 0.178. The lowest BCUT2D eigenvalue weighted by molar-refractivity contribution is 0.306. The molecule has 5 rings (SSSR count). The smallest absolute Gasteiger partial charge is 0.123 e. The molecule has 29 heavy (non-hydrogen) atoms. The molecule has 3 atom stereocenters. The zero-order chi connectivity index (χ0) is 19.8. The molecule has 0 radical (unpaired) electrons. The third kappa shape index (κ3) is 3.51. The molecule has 0 unspecified atom stereocenters. The molecule has 1 aliphatic heterocycles. The molecule has 2 nitrogen and oxygen atoms in total. The minimum Gasteiger partial charge on any atom is -0.489 e. The Balaban J connectivity index is 1.35. The van der Waals surface area contributed by atoms with Gasteiger partial charge in [-0.3, -0.25) is 0 Å². The lowest BCUT2D eigenvalue weighted by Crippen LogP contribution is -2.29. The van der Waals surface area contributed by atoms with Crippen molar-refractivity contribution in [2.24, 2.45) is 5.92 Å². The summed E-state index contributed by atoms with van der Waals surface area (Å²) in [5, 5.41) is 4.35. The fraction of sp³-hybridized carbons (Fsp3) is 0.200. The summed E-state index contributed by atoms with van der Waals surface area (Å²) in [5.41, 5.74) is 4.25. The Morgan fingerprint density at radius 3 is 2.69 bits per heavy atom. The lowest BCUT2D eigenvalue weighted by atomic mass is 9.77. The Hall–Kier alpha value is -2.78. The second-order valence-corrected chi connectivity index (χ2v) is 8.06. The van der Waals surface area contributed by atoms with E-state index in [9.17, 15) is 4.39 Å². The molecular formula is C25H21ClFNO. The van der Waals surface area contributed by atoms with Crippen LogP contribution in [-0.4, -0.2) is 0 Å². The van der Waals surface area contributed by atoms with Crippen molar-refractivity contribution in [2.45, 2.75) is 25.0 Å². The predicted molar refractivity (Wildman–Crippen MR) is 115 cm³/mol. The van der Waals surface area contributed by atoms with Crippen LogP contribution in [0.15, 0.2) is 78.9 Å². The van der Waals surface area contributed by atoms with Crippen LogP contribution in [-0.2, 0) is 6.61 Å². The van der Waals surface area contributed by atoms with Gasteiger partial charge in [-0.25, -0.2) is 4.39 Å². The van der Waals surface area contributed by atoms with E-state index in [4.69, 9.17) is 16.3 Å². The zero-order valence-electron chi connectivity index (χ0n) is 15.8. The fourth-order valence-electron chi connectivity index (χ4n) is 4.44. The van der Waals surface area contributed by atoms with Gasteiger partial charge in [-0.15, -0.1) is 0 Å². The maximum absolute atomic E-state index is 13.8. The predicted octanol–water partition coefficient (Wildman–Crippen LogP) is 6.88. The average molecular weight is 406 g/mol. The van der Waals surface area contributed by atoms with Crippen LogP contribution >= 0.6 is 11.6 Å². The molecule has 3 aromatic carbocycles. The van der Waals surface area contributed by atoms with Crippen molar-refractivity contribution in [3.63, 3.8) is 0 Å². The fourth-order valence-corrected chi connectivity index (χ4v) is 4.63. The third-order valence-corrected chi connectivity index (χ3v) is 6.28. The summed E-state index contributed by atoms with van der Waals surface area (Å²) in [6.45, 7) is 0.439. The van der Waals surface area contributed by atoms with Crippen molar-refractivity contribution in [2.75, 3.05) is 5.32 Å². The summed E-state index contributed by atoms with van der Waals surface area (Å²) >= 11 is 6.20. The van der Waals surface area contributed by atoms with Crippen LogP contribution in [0.5, 0.6) is 5.75 Å². The molecular weight excluding hydrogens is 385 g/mol. The summed E-state index contributed by atoms with van der Waals surface area (Å²) in [5.74, 6) is 1.28. The number of halogens is 2. The van der Waals surface area contributed by atoms with Gasteiger partial charge >= 0.3 is 0 Å². The highest BCUT2D eigenvalue weighted by molar-refractivity contribution is 6.31. The monoisotopic (exact) mass is 405 g/mol. The van der Waals surface area contributed by atoms with Crippen LogP contribution in [0.3, 0.4) is 0 Å². The molecule has 4 heteroatoms. The van der Waals surface area contributed by atoms with Gasteiger partial charge in [0.05, 0.1) is 6.04 Å². The highest BCUT2D eigenvalue weighted by Crippen LogP contribution is 2.49. The lowest BCUT2D eigenvalue weighted by Gasteiger charge is -2.37. The van der Waals surface area contributed by atoms with Crippen molar-refractivity contribution >= 4 is 17.3 Å². The molecule has 0 saturated heterocycles. The summed E-state index contributed by atoms with van der Waals surface area (Å²) in [4.78, 5) is 0. The number of fused-ring (bicyclic) bond motifs is 3. The molecule has 0 fully saturated rings. The Morgan fingerprint density at radius 1 is 1.03 bits per heavy atom. The van der Waals surface area contributed by atoms with E-state index >= 15 is 0 Å². The largest absolute Gasteiger partial charge is 0.489 e. The first-order valence-corrected chi connectivity index (χ1v) is 10.3. The van der Waals surface area contributed by atoms with Gasteiger partial charge in [0.2, 0.25) is 0 Å². The zero-order valence-corrected chi connectivity index (χ0v) is 16.6. The Labute approximate surface area is 175 Å². The number of benzene rings is 3. The molecule has 0 spiro atoms. The van der Waals surface area contributed by atoms with Gasteiger partial charge in [0.15, 0.2) is 0 Å². The Bertz CT molecular complexity index is 1060. The highest BCUT2D eigenvalue weighted by atomic mass is 35.5. The van der Waals surface area contributed by atoms with E-state index in [1.807, 2.05) is 42.5 Å².